The molecule has 2 N–H and O–H groups in total. The van der Waals surface area contributed by atoms with Gasteiger partial charge in [0.1, 0.15) is 0 Å². The minimum absolute atomic E-state index is 0.0295. The van der Waals surface area contributed by atoms with Gasteiger partial charge in [0.15, 0.2) is 0 Å². The molecule has 3 nitrogen and oxygen atoms in total. The molecule has 1 aromatic carbocycles. The Morgan fingerprint density at radius 3 is 2.65 bits per heavy atom. The average molecular weight is 232 g/mol. The maximum absolute atomic E-state index is 11.6. The molecule has 3 heteroatoms. The number of urea groups is 1. The minimum Gasteiger partial charge on any atom is -0.335 e. The summed E-state index contributed by atoms with van der Waals surface area (Å²) in [6, 6.07) is 10.8. The van der Waals surface area contributed by atoms with Crippen molar-refractivity contribution >= 4 is 6.03 Å². The molecule has 0 spiro atoms. The standard InChI is InChI=1S/C14H20N2O/c1-11(10-12-6-3-2-4-7-12)15-14(17)16-13-8-5-9-13/h2-4,6-7,11,13H,5,8-10H2,1H3,(H2,15,16,17). The Kier molecular flexibility index (Phi) is 4.02. The molecule has 2 amide bonds. The van der Waals surface area contributed by atoms with Crippen molar-refractivity contribution in [3.8, 4) is 0 Å². The average Bonchev–Trinajstić information content (AvgIpc) is 2.25. The van der Waals surface area contributed by atoms with Crippen LogP contribution in [0.15, 0.2) is 30.3 Å². The molecular weight excluding hydrogens is 212 g/mol. The summed E-state index contributed by atoms with van der Waals surface area (Å²) in [6.07, 6.45) is 4.37. The fraction of sp³-hybridized carbons (Fsp3) is 0.500. The lowest BCUT2D eigenvalue weighted by Crippen LogP contribution is -2.48. The highest BCUT2D eigenvalue weighted by Crippen LogP contribution is 2.17. The second kappa shape index (κ2) is 5.71. The molecule has 0 radical (unpaired) electrons. The first-order chi connectivity index (χ1) is 8.24. The van der Waals surface area contributed by atoms with E-state index < -0.39 is 0 Å². The van der Waals surface area contributed by atoms with Crippen molar-refractivity contribution in [1.29, 1.82) is 0 Å². The largest absolute Gasteiger partial charge is 0.335 e. The molecule has 1 fully saturated rings. The Morgan fingerprint density at radius 2 is 2.06 bits per heavy atom. The van der Waals surface area contributed by atoms with Crippen LogP contribution < -0.4 is 10.6 Å². The first kappa shape index (κ1) is 12.0. The maximum atomic E-state index is 11.6. The third kappa shape index (κ3) is 3.77. The van der Waals surface area contributed by atoms with Crippen molar-refractivity contribution in [1.82, 2.24) is 10.6 Å². The fourth-order valence-electron chi connectivity index (χ4n) is 2.02. The van der Waals surface area contributed by atoms with Crippen molar-refractivity contribution in [2.45, 2.75) is 44.7 Å². The zero-order valence-corrected chi connectivity index (χ0v) is 10.3. The van der Waals surface area contributed by atoms with Gasteiger partial charge in [-0.3, -0.25) is 0 Å². The maximum Gasteiger partial charge on any atom is 0.315 e. The van der Waals surface area contributed by atoms with Crippen molar-refractivity contribution in [2.75, 3.05) is 0 Å². The quantitative estimate of drug-likeness (QED) is 0.822. The van der Waals surface area contributed by atoms with Crippen molar-refractivity contribution < 1.29 is 4.79 Å². The highest BCUT2D eigenvalue weighted by atomic mass is 16.2. The van der Waals surface area contributed by atoms with E-state index in [0.29, 0.717) is 6.04 Å². The van der Waals surface area contributed by atoms with Crippen LogP contribution in [0, 0.1) is 0 Å². The van der Waals surface area contributed by atoms with Crippen LogP contribution >= 0.6 is 0 Å². The van der Waals surface area contributed by atoms with E-state index in [1.165, 1.54) is 12.0 Å². The molecule has 0 bridgehead atoms. The summed E-state index contributed by atoms with van der Waals surface area (Å²) < 4.78 is 0. The fourth-order valence-corrected chi connectivity index (χ4v) is 2.02. The van der Waals surface area contributed by atoms with Gasteiger partial charge in [0.05, 0.1) is 0 Å². The van der Waals surface area contributed by atoms with Crippen LogP contribution in [-0.4, -0.2) is 18.1 Å². The van der Waals surface area contributed by atoms with Gasteiger partial charge in [-0.2, -0.15) is 0 Å². The summed E-state index contributed by atoms with van der Waals surface area (Å²) in [5.41, 5.74) is 1.25. The van der Waals surface area contributed by atoms with Gasteiger partial charge in [0, 0.05) is 12.1 Å². The third-order valence-electron chi connectivity index (χ3n) is 3.20. The number of carbonyl (C=O) groups excluding carboxylic acids is 1. The molecule has 2 rings (SSSR count). The zero-order chi connectivity index (χ0) is 12.1. The number of hydrogen-bond acceptors (Lipinski definition) is 1. The topological polar surface area (TPSA) is 41.1 Å². The normalized spacial score (nSPS) is 17.0. The lowest BCUT2D eigenvalue weighted by Gasteiger charge is -2.27. The van der Waals surface area contributed by atoms with E-state index >= 15 is 0 Å². The summed E-state index contributed by atoms with van der Waals surface area (Å²) in [7, 11) is 0. The van der Waals surface area contributed by atoms with Crippen LogP contribution in [-0.2, 0) is 6.42 Å². The number of carbonyl (C=O) groups is 1. The predicted octanol–water partition coefficient (Wildman–Crippen LogP) is 2.47. The number of benzene rings is 1. The number of rotatable bonds is 4. The van der Waals surface area contributed by atoms with E-state index in [4.69, 9.17) is 0 Å². The van der Waals surface area contributed by atoms with Crippen LogP contribution in [0.3, 0.4) is 0 Å². The molecule has 92 valence electrons. The van der Waals surface area contributed by atoms with Crippen molar-refractivity contribution in [3.63, 3.8) is 0 Å². The zero-order valence-electron chi connectivity index (χ0n) is 10.3. The molecule has 1 aliphatic rings. The van der Waals surface area contributed by atoms with Crippen molar-refractivity contribution in [2.24, 2.45) is 0 Å². The lowest BCUT2D eigenvalue weighted by atomic mass is 9.93. The van der Waals surface area contributed by atoms with Crippen LogP contribution in [0.4, 0.5) is 4.79 Å². The van der Waals surface area contributed by atoms with Crippen molar-refractivity contribution in [3.05, 3.63) is 35.9 Å². The molecule has 0 aliphatic heterocycles. The Morgan fingerprint density at radius 1 is 1.35 bits per heavy atom. The molecular formula is C14H20N2O. The summed E-state index contributed by atoms with van der Waals surface area (Å²) in [5.74, 6) is 0. The summed E-state index contributed by atoms with van der Waals surface area (Å²) in [6.45, 7) is 2.04. The summed E-state index contributed by atoms with van der Waals surface area (Å²) in [5, 5.41) is 5.96. The van der Waals surface area contributed by atoms with E-state index in [2.05, 4.69) is 22.8 Å². The Hall–Kier alpha value is -1.51. The highest BCUT2D eigenvalue weighted by Gasteiger charge is 2.19. The van der Waals surface area contributed by atoms with Gasteiger partial charge in [-0.25, -0.2) is 4.79 Å². The summed E-state index contributed by atoms with van der Waals surface area (Å²) >= 11 is 0. The first-order valence-corrected chi connectivity index (χ1v) is 6.35. The van der Waals surface area contributed by atoms with Gasteiger partial charge in [0.25, 0.3) is 0 Å². The van der Waals surface area contributed by atoms with E-state index in [1.807, 2.05) is 25.1 Å². The van der Waals surface area contributed by atoms with Gasteiger partial charge >= 0.3 is 6.03 Å². The molecule has 17 heavy (non-hydrogen) atoms. The Balaban J connectivity index is 1.72. The van der Waals surface area contributed by atoms with E-state index in [1.54, 1.807) is 0 Å². The second-order valence-electron chi connectivity index (χ2n) is 4.84. The smallest absolute Gasteiger partial charge is 0.315 e. The molecule has 1 saturated carbocycles. The molecule has 1 aliphatic carbocycles. The second-order valence-corrected chi connectivity index (χ2v) is 4.84. The molecule has 0 saturated heterocycles. The first-order valence-electron chi connectivity index (χ1n) is 6.35. The van der Waals surface area contributed by atoms with Gasteiger partial charge < -0.3 is 10.6 Å². The summed E-state index contributed by atoms with van der Waals surface area (Å²) in [4.78, 5) is 11.6. The van der Waals surface area contributed by atoms with Gasteiger partial charge in [-0.15, -0.1) is 0 Å². The number of nitrogens with one attached hydrogen (secondary N) is 2. The lowest BCUT2D eigenvalue weighted by molar-refractivity contribution is 0.225. The van der Waals surface area contributed by atoms with Crippen LogP contribution in [0.5, 0.6) is 0 Å². The molecule has 1 atom stereocenters. The van der Waals surface area contributed by atoms with Crippen LogP contribution in [0.1, 0.15) is 31.7 Å². The third-order valence-corrected chi connectivity index (χ3v) is 3.20. The highest BCUT2D eigenvalue weighted by molar-refractivity contribution is 5.74. The monoisotopic (exact) mass is 232 g/mol. The number of hydrogen-bond donors (Lipinski definition) is 2. The Bertz CT molecular complexity index is 360. The molecule has 0 heterocycles. The SMILES string of the molecule is CC(Cc1ccccc1)NC(=O)NC1CCC1. The molecule has 1 aromatic rings. The van der Waals surface area contributed by atoms with Gasteiger partial charge in [-0.05, 0) is 38.2 Å². The van der Waals surface area contributed by atoms with Crippen LogP contribution in [0.2, 0.25) is 0 Å². The van der Waals surface area contributed by atoms with E-state index in [-0.39, 0.29) is 12.1 Å². The molecule has 1 unspecified atom stereocenters. The Labute approximate surface area is 103 Å². The van der Waals surface area contributed by atoms with Crippen LogP contribution in [0.25, 0.3) is 0 Å². The number of amides is 2. The molecule has 0 aromatic heterocycles. The van der Waals surface area contributed by atoms with E-state index in [9.17, 15) is 4.79 Å². The minimum atomic E-state index is -0.0295. The predicted molar refractivity (Wildman–Crippen MR) is 68.9 cm³/mol. The van der Waals surface area contributed by atoms with Gasteiger partial charge in [0.2, 0.25) is 0 Å². The van der Waals surface area contributed by atoms with Gasteiger partial charge in [-0.1, -0.05) is 30.3 Å². The van der Waals surface area contributed by atoms with E-state index in [0.717, 1.165) is 19.3 Å².